The number of nitrogens with one attached hydrogen (secondary N) is 2. The Hall–Kier alpha value is -0.470. The van der Waals surface area contributed by atoms with E-state index in [0.717, 1.165) is 0 Å². The summed E-state index contributed by atoms with van der Waals surface area (Å²) < 4.78 is 30.8. The molecule has 0 aliphatic rings. The maximum atomic E-state index is 11.1. The van der Waals surface area contributed by atoms with Gasteiger partial charge in [0.1, 0.15) is 5.60 Å². The monoisotopic (exact) mass is 256 g/mol. The molecule has 0 heterocycles. The normalized spacial score (nSPS) is 12.3. The maximum absolute atomic E-state index is 11.1. The molecule has 0 aliphatic carbocycles. The van der Waals surface area contributed by atoms with Crippen LogP contribution in [0.25, 0.3) is 0 Å². The van der Waals surface area contributed by atoms with Gasteiger partial charge < -0.3 is 4.74 Å². The first-order valence-corrected chi connectivity index (χ1v) is 6.39. The molecule has 0 aromatic carbocycles. The second-order valence-electron chi connectivity index (χ2n) is 3.73. The molecule has 0 spiro atoms. The summed E-state index contributed by atoms with van der Waals surface area (Å²) in [4.78, 5) is 11.1. The predicted octanol–water partition coefficient (Wildman–Crippen LogP) is 0.275. The highest BCUT2D eigenvalue weighted by molar-refractivity contribution is 7.88. The fourth-order valence-corrected chi connectivity index (χ4v) is 1.59. The van der Waals surface area contributed by atoms with E-state index in [-0.39, 0.29) is 6.54 Å². The van der Waals surface area contributed by atoms with Crippen LogP contribution in [0.15, 0.2) is 0 Å². The lowest BCUT2D eigenvalue weighted by Gasteiger charge is -2.19. The Morgan fingerprint density at radius 1 is 1.40 bits per heavy atom. The molecule has 0 saturated carbocycles. The van der Waals surface area contributed by atoms with Crippen LogP contribution in [0.2, 0.25) is 0 Å². The van der Waals surface area contributed by atoms with Gasteiger partial charge in [0.05, 0.1) is 0 Å². The second-order valence-corrected chi connectivity index (χ2v) is 5.67. The van der Waals surface area contributed by atoms with E-state index in [1.807, 2.05) is 0 Å². The molecule has 0 unspecified atom stereocenters. The molecule has 0 fully saturated rings. The Morgan fingerprint density at radius 2 is 1.93 bits per heavy atom. The van der Waals surface area contributed by atoms with Crippen LogP contribution in [0.4, 0.5) is 4.79 Å². The van der Waals surface area contributed by atoms with Crippen LogP contribution in [0.5, 0.6) is 0 Å². The number of amides is 1. The van der Waals surface area contributed by atoms with Gasteiger partial charge >= 0.3 is 16.3 Å². The summed E-state index contributed by atoms with van der Waals surface area (Å²) in [5.74, 6) is 0.342. The van der Waals surface area contributed by atoms with E-state index in [1.165, 1.54) is 0 Å². The Kier molecular flexibility index (Phi) is 5.39. The summed E-state index contributed by atoms with van der Waals surface area (Å²) in [6, 6.07) is 0. The molecule has 6 nitrogen and oxygen atoms in total. The first-order valence-electron chi connectivity index (χ1n) is 4.27. The number of hydrogen-bond acceptors (Lipinski definition) is 5. The highest BCUT2D eigenvalue weighted by Crippen LogP contribution is 2.06. The number of rotatable bonds is 4. The lowest BCUT2D eigenvalue weighted by molar-refractivity contribution is 0.0569. The molecular weight excluding hydrogens is 240 g/mol. The average molecular weight is 256 g/mol. The Labute approximate surface area is 95.4 Å². The predicted molar refractivity (Wildman–Crippen MR) is 60.1 cm³/mol. The molecule has 0 aromatic heterocycles. The Morgan fingerprint density at radius 3 is 2.33 bits per heavy atom. The molecule has 15 heavy (non-hydrogen) atoms. The third-order valence-corrected chi connectivity index (χ3v) is 2.26. The van der Waals surface area contributed by atoms with Gasteiger partial charge in [0.25, 0.3) is 0 Å². The average Bonchev–Trinajstić information content (AvgIpc) is 1.95. The SMILES string of the molecule is CC(C)(C)OC(=O)NS(=O)(=O)NCCS. The minimum absolute atomic E-state index is 0.140. The molecular formula is C7H16N2O4S2. The lowest BCUT2D eigenvalue weighted by atomic mass is 10.2. The molecule has 0 radical (unpaired) electrons. The van der Waals surface area contributed by atoms with Gasteiger partial charge in [-0.2, -0.15) is 25.8 Å². The van der Waals surface area contributed by atoms with Crippen LogP contribution in [-0.4, -0.2) is 32.4 Å². The maximum Gasteiger partial charge on any atom is 0.422 e. The van der Waals surface area contributed by atoms with Crippen LogP contribution < -0.4 is 9.44 Å². The van der Waals surface area contributed by atoms with Crippen molar-refractivity contribution in [1.29, 1.82) is 0 Å². The van der Waals surface area contributed by atoms with Crippen molar-refractivity contribution in [2.24, 2.45) is 0 Å². The minimum Gasteiger partial charge on any atom is -0.443 e. The molecule has 0 saturated heterocycles. The first kappa shape index (κ1) is 14.5. The summed E-state index contributed by atoms with van der Waals surface area (Å²) in [5.41, 5.74) is -0.733. The highest BCUT2D eigenvalue weighted by atomic mass is 32.2. The van der Waals surface area contributed by atoms with Crippen LogP contribution in [0.3, 0.4) is 0 Å². The van der Waals surface area contributed by atoms with Crippen molar-refractivity contribution in [3.8, 4) is 0 Å². The second kappa shape index (κ2) is 5.57. The van der Waals surface area contributed by atoms with Crippen LogP contribution in [0, 0.1) is 0 Å². The smallest absolute Gasteiger partial charge is 0.422 e. The van der Waals surface area contributed by atoms with Gasteiger partial charge in [0.2, 0.25) is 0 Å². The Bertz CT molecular complexity index is 307. The van der Waals surface area contributed by atoms with Crippen molar-refractivity contribution < 1.29 is 17.9 Å². The van der Waals surface area contributed by atoms with Crippen molar-refractivity contribution in [2.45, 2.75) is 26.4 Å². The summed E-state index contributed by atoms with van der Waals surface area (Å²) in [6.07, 6.45) is -1.01. The van der Waals surface area contributed by atoms with Gasteiger partial charge in [-0.05, 0) is 20.8 Å². The van der Waals surface area contributed by atoms with E-state index < -0.39 is 21.9 Å². The highest BCUT2D eigenvalue weighted by Gasteiger charge is 2.20. The largest absolute Gasteiger partial charge is 0.443 e. The minimum atomic E-state index is -3.84. The fourth-order valence-electron chi connectivity index (χ4n) is 0.625. The summed E-state index contributed by atoms with van der Waals surface area (Å²) >= 11 is 3.82. The molecule has 90 valence electrons. The number of carbonyl (C=O) groups is 1. The summed E-state index contributed by atoms with van der Waals surface area (Å²) in [5, 5.41) is 0. The van der Waals surface area contributed by atoms with E-state index >= 15 is 0 Å². The molecule has 1 amide bonds. The van der Waals surface area contributed by atoms with Crippen molar-refractivity contribution in [1.82, 2.24) is 9.44 Å². The van der Waals surface area contributed by atoms with Gasteiger partial charge in [0.15, 0.2) is 0 Å². The molecule has 0 atom stereocenters. The van der Waals surface area contributed by atoms with Crippen molar-refractivity contribution in [3.63, 3.8) is 0 Å². The van der Waals surface area contributed by atoms with Gasteiger partial charge in [-0.25, -0.2) is 9.52 Å². The van der Waals surface area contributed by atoms with Gasteiger partial charge in [-0.15, -0.1) is 0 Å². The first-order chi connectivity index (χ1) is 6.66. The van der Waals surface area contributed by atoms with Gasteiger partial charge in [-0.3, -0.25) is 0 Å². The van der Waals surface area contributed by atoms with E-state index in [4.69, 9.17) is 4.74 Å². The number of thiol groups is 1. The summed E-state index contributed by atoms with van der Waals surface area (Å²) in [6.45, 7) is 5.06. The fraction of sp³-hybridized carbons (Fsp3) is 0.857. The lowest BCUT2D eigenvalue weighted by Crippen LogP contribution is -2.43. The third-order valence-electron chi connectivity index (χ3n) is 1.02. The molecule has 0 bridgehead atoms. The van der Waals surface area contributed by atoms with E-state index in [9.17, 15) is 13.2 Å². The van der Waals surface area contributed by atoms with Crippen LogP contribution in [0.1, 0.15) is 20.8 Å². The zero-order chi connectivity index (χ0) is 12.1. The standard InChI is InChI=1S/C7H16N2O4S2/c1-7(2,3)13-6(10)9-15(11,12)8-4-5-14/h8,14H,4-5H2,1-3H3,(H,9,10). The molecule has 2 N–H and O–H groups in total. The molecule has 0 aromatic rings. The molecule has 0 aliphatic heterocycles. The summed E-state index contributed by atoms with van der Waals surface area (Å²) in [7, 11) is -3.84. The zero-order valence-electron chi connectivity index (χ0n) is 8.90. The number of ether oxygens (including phenoxy) is 1. The quantitative estimate of drug-likeness (QED) is 0.631. The molecule has 0 rings (SSSR count). The molecule has 8 heteroatoms. The van der Waals surface area contributed by atoms with Crippen LogP contribution >= 0.6 is 12.6 Å². The number of carbonyl (C=O) groups excluding carboxylic acids is 1. The van der Waals surface area contributed by atoms with Gasteiger partial charge in [0, 0.05) is 12.3 Å². The Balaban J connectivity index is 4.17. The van der Waals surface area contributed by atoms with E-state index in [2.05, 4.69) is 17.4 Å². The number of hydrogen-bond donors (Lipinski definition) is 3. The van der Waals surface area contributed by atoms with Crippen LogP contribution in [-0.2, 0) is 14.9 Å². The van der Waals surface area contributed by atoms with Gasteiger partial charge in [-0.1, -0.05) is 0 Å². The third kappa shape index (κ3) is 8.52. The van der Waals surface area contributed by atoms with Crippen molar-refractivity contribution >= 4 is 28.9 Å². The topological polar surface area (TPSA) is 84.5 Å². The zero-order valence-corrected chi connectivity index (χ0v) is 10.6. The van der Waals surface area contributed by atoms with E-state index in [0.29, 0.717) is 5.75 Å². The van der Waals surface area contributed by atoms with Crippen molar-refractivity contribution in [3.05, 3.63) is 0 Å². The van der Waals surface area contributed by atoms with Crippen molar-refractivity contribution in [2.75, 3.05) is 12.3 Å². The van der Waals surface area contributed by atoms with E-state index in [1.54, 1.807) is 25.5 Å².